The van der Waals surface area contributed by atoms with Gasteiger partial charge in [0.05, 0.1) is 19.7 Å². The maximum Gasteiger partial charge on any atom is 0.325 e. The van der Waals surface area contributed by atoms with Crippen LogP contribution in [0.3, 0.4) is 0 Å². The minimum absolute atomic E-state index is 0.0150. The molecule has 28 heavy (non-hydrogen) atoms. The van der Waals surface area contributed by atoms with E-state index in [0.29, 0.717) is 6.54 Å². The normalized spacial score (nSPS) is 21.6. The first-order chi connectivity index (χ1) is 12.6. The summed E-state index contributed by atoms with van der Waals surface area (Å²) in [6.45, 7) is 20.2. The molecule has 2 aliphatic heterocycles. The first-order valence-corrected chi connectivity index (χ1v) is 10.0. The van der Waals surface area contributed by atoms with Gasteiger partial charge in [-0.25, -0.2) is 0 Å². The van der Waals surface area contributed by atoms with Gasteiger partial charge in [-0.3, -0.25) is 14.6 Å². The third-order valence-electron chi connectivity index (χ3n) is 5.25. The van der Waals surface area contributed by atoms with E-state index in [4.69, 9.17) is 9.73 Å². The van der Waals surface area contributed by atoms with Crippen molar-refractivity contribution in [3.63, 3.8) is 0 Å². The van der Waals surface area contributed by atoms with Crippen LogP contribution >= 0.6 is 0 Å². The molecule has 0 bridgehead atoms. The number of esters is 1. The zero-order valence-electron chi connectivity index (χ0n) is 19.3. The van der Waals surface area contributed by atoms with Crippen molar-refractivity contribution in [2.45, 2.75) is 68.4 Å². The number of carbonyl (C=O) groups excluding carboxylic acids is 2. The first kappa shape index (κ1) is 22.4. The van der Waals surface area contributed by atoms with Crippen molar-refractivity contribution < 1.29 is 14.3 Å². The Labute approximate surface area is 170 Å². The number of amidine groups is 1. The summed E-state index contributed by atoms with van der Waals surface area (Å²) in [6, 6.07) is 0.0150. The van der Waals surface area contributed by atoms with Gasteiger partial charge in [0, 0.05) is 11.1 Å². The molecule has 0 saturated carbocycles. The average Bonchev–Trinajstić information content (AvgIpc) is 2.50. The topological polar surface area (TPSA) is 62.2 Å². The van der Waals surface area contributed by atoms with Crippen LogP contribution in [0.25, 0.3) is 0 Å². The van der Waals surface area contributed by atoms with Crippen LogP contribution in [0, 0.1) is 16.2 Å². The van der Waals surface area contributed by atoms with E-state index in [9.17, 15) is 9.59 Å². The van der Waals surface area contributed by atoms with Crippen LogP contribution in [-0.4, -0.2) is 60.3 Å². The molecule has 1 fully saturated rings. The summed E-state index contributed by atoms with van der Waals surface area (Å²) in [5, 5.41) is 0. The van der Waals surface area contributed by atoms with Gasteiger partial charge in [0.2, 0.25) is 5.91 Å². The zero-order chi connectivity index (χ0) is 21.7. The van der Waals surface area contributed by atoms with Gasteiger partial charge in [-0.05, 0) is 16.4 Å². The number of amides is 1. The first-order valence-electron chi connectivity index (χ1n) is 10.0. The summed E-state index contributed by atoms with van der Waals surface area (Å²) in [5.41, 5.74) is 1.98. The van der Waals surface area contributed by atoms with Crippen LogP contribution < -0.4 is 0 Å². The van der Waals surface area contributed by atoms with Gasteiger partial charge in [-0.15, -0.1) is 0 Å². The molecule has 0 aliphatic carbocycles. The van der Waals surface area contributed by atoms with Crippen molar-refractivity contribution in [1.29, 1.82) is 0 Å². The molecule has 158 valence electrons. The lowest BCUT2D eigenvalue weighted by molar-refractivity contribution is -0.147. The van der Waals surface area contributed by atoms with Gasteiger partial charge in [0.15, 0.2) is 0 Å². The fraction of sp³-hybridized carbons (Fsp3) is 0.773. The van der Waals surface area contributed by atoms with Gasteiger partial charge in [0.25, 0.3) is 0 Å². The van der Waals surface area contributed by atoms with Crippen LogP contribution in [0.15, 0.2) is 16.3 Å². The van der Waals surface area contributed by atoms with Crippen LogP contribution in [-0.2, 0) is 14.3 Å². The maximum absolute atomic E-state index is 12.8. The maximum atomic E-state index is 12.8. The Bertz CT molecular complexity index is 715. The lowest BCUT2D eigenvalue weighted by Gasteiger charge is -2.50. The van der Waals surface area contributed by atoms with E-state index in [1.165, 1.54) is 12.7 Å². The molecule has 0 unspecified atom stereocenters. The summed E-state index contributed by atoms with van der Waals surface area (Å²) in [7, 11) is 1.35. The van der Waals surface area contributed by atoms with Crippen molar-refractivity contribution in [3.05, 3.63) is 11.3 Å². The molecule has 0 N–H and O–H groups in total. The number of ether oxygens (including phenoxy) is 1. The van der Waals surface area contributed by atoms with E-state index >= 15 is 0 Å². The van der Waals surface area contributed by atoms with Gasteiger partial charge in [0.1, 0.15) is 18.9 Å². The summed E-state index contributed by atoms with van der Waals surface area (Å²) >= 11 is 0. The van der Waals surface area contributed by atoms with Crippen LogP contribution in [0.5, 0.6) is 0 Å². The Morgan fingerprint density at radius 1 is 1.04 bits per heavy atom. The monoisotopic (exact) mass is 391 g/mol. The Morgan fingerprint density at radius 3 is 2.04 bits per heavy atom. The van der Waals surface area contributed by atoms with Gasteiger partial charge in [-0.1, -0.05) is 62.3 Å². The third kappa shape index (κ3) is 4.41. The number of fused-ring (bicyclic) bond motifs is 1. The lowest BCUT2D eigenvalue weighted by atomic mass is 9.70. The van der Waals surface area contributed by atoms with Crippen LogP contribution in [0.1, 0.15) is 62.3 Å². The SMILES string of the molecule is COC(=O)CN1CC2=C(C(C)(C)C)[C@H](C(C)(C)C)N=C(C(C)(C)C)N2CC1=O. The second-order valence-electron chi connectivity index (χ2n) is 11.0. The third-order valence-corrected chi connectivity index (χ3v) is 5.25. The van der Waals surface area contributed by atoms with E-state index < -0.39 is 5.97 Å². The van der Waals surface area contributed by atoms with Crippen molar-refractivity contribution in [2.75, 3.05) is 26.7 Å². The predicted octanol–water partition coefficient (Wildman–Crippen LogP) is 3.48. The summed E-state index contributed by atoms with van der Waals surface area (Å²) in [5.74, 6) is 0.475. The second-order valence-corrected chi connectivity index (χ2v) is 11.0. The summed E-state index contributed by atoms with van der Waals surface area (Å²) in [4.78, 5) is 33.6. The molecule has 2 heterocycles. The minimum Gasteiger partial charge on any atom is -0.468 e. The fourth-order valence-corrected chi connectivity index (χ4v) is 3.97. The van der Waals surface area contributed by atoms with E-state index in [2.05, 4.69) is 67.2 Å². The number of hydrogen-bond donors (Lipinski definition) is 0. The molecular formula is C22H37N3O3. The summed E-state index contributed by atoms with van der Waals surface area (Å²) in [6.07, 6.45) is 0. The van der Waals surface area contributed by atoms with E-state index in [1.807, 2.05) is 0 Å². The average molecular weight is 392 g/mol. The Balaban J connectivity index is 2.66. The van der Waals surface area contributed by atoms with Crippen molar-refractivity contribution in [1.82, 2.24) is 9.80 Å². The number of nitrogens with zero attached hydrogens (tertiary/aromatic N) is 3. The standard InChI is InChI=1S/C22H37N3O3/c1-20(2,3)17-14-11-24(13-16(27)28-10)15(26)12-25(14)19(22(7,8)9)23-18(17)21(4,5)6/h18H,11-13H2,1-10H3/t18-/m1/s1. The Morgan fingerprint density at radius 2 is 1.61 bits per heavy atom. The Kier molecular flexibility index (Phi) is 5.77. The minimum atomic E-state index is -0.396. The molecule has 0 spiro atoms. The molecule has 2 rings (SSSR count). The molecule has 0 radical (unpaired) electrons. The van der Waals surface area contributed by atoms with Crippen molar-refractivity contribution >= 4 is 17.7 Å². The highest BCUT2D eigenvalue weighted by molar-refractivity contribution is 5.95. The number of methoxy groups -OCH3 is 1. The molecule has 6 nitrogen and oxygen atoms in total. The van der Waals surface area contributed by atoms with Crippen LogP contribution in [0.2, 0.25) is 0 Å². The van der Waals surface area contributed by atoms with Crippen molar-refractivity contribution in [3.8, 4) is 0 Å². The lowest BCUT2D eigenvalue weighted by Crippen LogP contribution is -2.58. The highest BCUT2D eigenvalue weighted by Gasteiger charge is 2.46. The number of hydrogen-bond acceptors (Lipinski definition) is 5. The number of carbonyl (C=O) groups is 2. The van der Waals surface area contributed by atoms with Gasteiger partial charge in [-0.2, -0.15) is 0 Å². The molecule has 1 amide bonds. The second kappa shape index (κ2) is 7.20. The quantitative estimate of drug-likeness (QED) is 0.676. The van der Waals surface area contributed by atoms with E-state index in [-0.39, 0.29) is 41.3 Å². The number of piperazine rings is 1. The molecule has 0 aromatic rings. The zero-order valence-corrected chi connectivity index (χ0v) is 19.3. The van der Waals surface area contributed by atoms with Crippen LogP contribution in [0.4, 0.5) is 0 Å². The van der Waals surface area contributed by atoms with Crippen molar-refractivity contribution in [2.24, 2.45) is 21.2 Å². The molecule has 2 aliphatic rings. The number of rotatable bonds is 2. The molecule has 0 aromatic heterocycles. The molecule has 6 heteroatoms. The molecule has 1 saturated heterocycles. The summed E-state index contributed by atoms with van der Waals surface area (Å²) < 4.78 is 4.80. The molecule has 1 atom stereocenters. The number of aliphatic imine (C=N–C) groups is 1. The van der Waals surface area contributed by atoms with Gasteiger partial charge >= 0.3 is 5.97 Å². The molecule has 0 aromatic carbocycles. The van der Waals surface area contributed by atoms with E-state index in [1.54, 1.807) is 4.90 Å². The fourth-order valence-electron chi connectivity index (χ4n) is 3.97. The smallest absolute Gasteiger partial charge is 0.325 e. The molecular weight excluding hydrogens is 354 g/mol. The largest absolute Gasteiger partial charge is 0.468 e. The Hall–Kier alpha value is -1.85. The highest BCUT2D eigenvalue weighted by atomic mass is 16.5. The predicted molar refractivity (Wildman–Crippen MR) is 112 cm³/mol. The van der Waals surface area contributed by atoms with E-state index in [0.717, 1.165) is 11.5 Å². The van der Waals surface area contributed by atoms with Gasteiger partial charge < -0.3 is 14.5 Å². The highest BCUT2D eigenvalue weighted by Crippen LogP contribution is 2.45.